The van der Waals surface area contributed by atoms with Gasteiger partial charge in [-0.3, -0.25) is 4.79 Å². The maximum Gasteiger partial charge on any atom is 0.355 e. The number of carbonyl (C=O) groups is 2. The zero-order valence-electron chi connectivity index (χ0n) is 11.5. The number of ether oxygens (including phenoxy) is 1. The van der Waals surface area contributed by atoms with E-state index in [0.29, 0.717) is 0 Å². The molecular weight excluding hydrogens is 300 g/mol. The highest BCUT2D eigenvalue weighted by molar-refractivity contribution is 7.98. The first-order valence-corrected chi connectivity index (χ1v) is 7.29. The van der Waals surface area contributed by atoms with Crippen LogP contribution in [0.4, 0.5) is 0 Å². The third-order valence-electron chi connectivity index (χ3n) is 2.54. The van der Waals surface area contributed by atoms with Crippen molar-refractivity contribution in [1.82, 2.24) is 9.97 Å². The Morgan fingerprint density at radius 1 is 1.43 bits per heavy atom. The maximum atomic E-state index is 11.3. The fourth-order valence-corrected chi connectivity index (χ4v) is 1.91. The summed E-state index contributed by atoms with van der Waals surface area (Å²) in [4.78, 5) is 30.1. The van der Waals surface area contributed by atoms with Crippen LogP contribution in [0, 0.1) is 0 Å². The number of aromatic carboxylic acids is 1. The Morgan fingerprint density at radius 2 is 2.10 bits per heavy atom. The Bertz CT molecular complexity index is 524. The minimum atomic E-state index is -1.60. The molecule has 0 bridgehead atoms. The van der Waals surface area contributed by atoms with Crippen molar-refractivity contribution in [3.63, 3.8) is 0 Å². The Morgan fingerprint density at radius 3 is 2.62 bits per heavy atom. The number of hydrogen-bond acceptors (Lipinski definition) is 8. The largest absolute Gasteiger partial charge is 0.476 e. The first kappa shape index (κ1) is 17.3. The second-order valence-corrected chi connectivity index (χ2v) is 4.76. The van der Waals surface area contributed by atoms with E-state index in [1.165, 1.54) is 0 Å². The summed E-state index contributed by atoms with van der Waals surface area (Å²) in [5.74, 6) is -2.05. The minimum absolute atomic E-state index is 0.146. The van der Waals surface area contributed by atoms with Gasteiger partial charge in [0.25, 0.3) is 0 Å². The van der Waals surface area contributed by atoms with E-state index >= 15 is 0 Å². The third kappa shape index (κ3) is 4.66. The number of carbonyl (C=O) groups excluding carboxylic acids is 1. The Balaban J connectivity index is 2.97. The third-order valence-corrected chi connectivity index (χ3v) is 3.11. The molecule has 0 saturated carbocycles. The maximum absolute atomic E-state index is 11.3. The molecule has 0 radical (unpaired) electrons. The monoisotopic (exact) mass is 316 g/mol. The molecule has 0 aliphatic carbocycles. The highest BCUT2D eigenvalue weighted by Crippen LogP contribution is 2.23. The summed E-state index contributed by atoms with van der Waals surface area (Å²) < 4.78 is 4.65. The van der Waals surface area contributed by atoms with Crippen LogP contribution in [-0.2, 0) is 9.53 Å². The molecule has 0 aliphatic rings. The zero-order valence-corrected chi connectivity index (χ0v) is 12.3. The molecule has 3 N–H and O–H groups in total. The number of aliphatic hydroxyl groups is 2. The average Bonchev–Trinajstić information content (AvgIpc) is 2.45. The van der Waals surface area contributed by atoms with Crippen LogP contribution in [0.1, 0.15) is 35.5 Å². The predicted molar refractivity (Wildman–Crippen MR) is 73.0 cm³/mol. The van der Waals surface area contributed by atoms with E-state index in [4.69, 9.17) is 5.11 Å². The highest BCUT2D eigenvalue weighted by Gasteiger charge is 2.27. The van der Waals surface area contributed by atoms with E-state index in [1.54, 1.807) is 13.2 Å². The number of carboxylic acid groups (broad SMARTS) is 1. The molecule has 0 aromatic carbocycles. The van der Waals surface area contributed by atoms with Crippen LogP contribution in [0.3, 0.4) is 0 Å². The van der Waals surface area contributed by atoms with Crippen LogP contribution >= 0.6 is 11.8 Å². The van der Waals surface area contributed by atoms with Crippen LogP contribution in [0.5, 0.6) is 0 Å². The number of carboxylic acids is 1. The van der Waals surface area contributed by atoms with Crippen molar-refractivity contribution in [2.24, 2.45) is 0 Å². The van der Waals surface area contributed by atoms with E-state index in [0.717, 1.165) is 18.0 Å². The lowest BCUT2D eigenvalue weighted by molar-refractivity contribution is -0.147. The number of aromatic nitrogens is 2. The molecule has 9 heteroatoms. The van der Waals surface area contributed by atoms with E-state index in [1.807, 2.05) is 0 Å². The van der Waals surface area contributed by atoms with Crippen LogP contribution in [-0.4, -0.2) is 56.2 Å². The molecule has 0 aliphatic heterocycles. The number of rotatable bonds is 7. The Kier molecular flexibility index (Phi) is 6.53. The Labute approximate surface area is 125 Å². The van der Waals surface area contributed by atoms with E-state index in [-0.39, 0.29) is 17.3 Å². The van der Waals surface area contributed by atoms with Gasteiger partial charge in [0.2, 0.25) is 0 Å². The number of nitrogens with zero attached hydrogens (tertiary/aromatic N) is 2. The lowest BCUT2D eigenvalue weighted by Crippen LogP contribution is -2.25. The van der Waals surface area contributed by atoms with Gasteiger partial charge in [-0.1, -0.05) is 11.8 Å². The van der Waals surface area contributed by atoms with Crippen molar-refractivity contribution < 1.29 is 29.6 Å². The summed E-state index contributed by atoms with van der Waals surface area (Å²) in [6, 6.07) is 0. The van der Waals surface area contributed by atoms with Crippen LogP contribution in [0.2, 0.25) is 0 Å². The molecule has 2 unspecified atom stereocenters. The van der Waals surface area contributed by atoms with Crippen molar-refractivity contribution in [2.45, 2.75) is 30.7 Å². The molecule has 0 saturated heterocycles. The fraction of sp³-hybridized carbons (Fsp3) is 0.500. The van der Waals surface area contributed by atoms with Crippen molar-refractivity contribution in [3.8, 4) is 0 Å². The molecule has 1 rings (SSSR count). The van der Waals surface area contributed by atoms with Crippen molar-refractivity contribution in [2.75, 3.05) is 12.9 Å². The molecule has 8 nitrogen and oxygen atoms in total. The standard InChI is InChI=1S/C12H16N2O6S/c1-3-20-8(16)4-7(15)10(17)6-5-13-12(21-2)14-9(6)11(18)19/h5,7,10,15,17H,3-4H2,1-2H3,(H,18,19). The van der Waals surface area contributed by atoms with Gasteiger partial charge in [0.05, 0.1) is 19.1 Å². The number of hydrogen-bond donors (Lipinski definition) is 3. The zero-order chi connectivity index (χ0) is 16.0. The lowest BCUT2D eigenvalue weighted by Gasteiger charge is -2.18. The molecule has 0 fully saturated rings. The summed E-state index contributed by atoms with van der Waals surface area (Å²) in [6.45, 7) is 1.76. The van der Waals surface area contributed by atoms with Gasteiger partial charge in [0.15, 0.2) is 10.9 Å². The molecule has 1 heterocycles. The normalized spacial score (nSPS) is 13.5. The van der Waals surface area contributed by atoms with Gasteiger partial charge < -0.3 is 20.1 Å². The first-order chi connectivity index (χ1) is 9.90. The van der Waals surface area contributed by atoms with Gasteiger partial charge >= 0.3 is 11.9 Å². The van der Waals surface area contributed by atoms with Gasteiger partial charge in [-0.25, -0.2) is 14.8 Å². The lowest BCUT2D eigenvalue weighted by atomic mass is 10.0. The van der Waals surface area contributed by atoms with E-state index in [2.05, 4.69) is 14.7 Å². The summed E-state index contributed by atoms with van der Waals surface area (Å²) in [5, 5.41) is 29.1. The first-order valence-electron chi connectivity index (χ1n) is 6.06. The van der Waals surface area contributed by atoms with Gasteiger partial charge in [-0.2, -0.15) is 0 Å². The van der Waals surface area contributed by atoms with Crippen LogP contribution in [0.25, 0.3) is 0 Å². The minimum Gasteiger partial charge on any atom is -0.476 e. The molecule has 0 spiro atoms. The van der Waals surface area contributed by atoms with Crippen molar-refractivity contribution in [3.05, 3.63) is 17.5 Å². The quantitative estimate of drug-likeness (QED) is 0.368. The van der Waals surface area contributed by atoms with E-state index < -0.39 is 36.3 Å². The average molecular weight is 316 g/mol. The van der Waals surface area contributed by atoms with E-state index in [9.17, 15) is 19.8 Å². The van der Waals surface area contributed by atoms with Crippen LogP contribution < -0.4 is 0 Å². The number of thioether (sulfide) groups is 1. The number of aliphatic hydroxyl groups excluding tert-OH is 2. The molecular formula is C12H16N2O6S. The fourth-order valence-electron chi connectivity index (χ4n) is 1.57. The second-order valence-electron chi connectivity index (χ2n) is 3.99. The molecule has 116 valence electrons. The SMILES string of the molecule is CCOC(=O)CC(O)C(O)c1cnc(SC)nc1C(=O)O. The molecule has 2 atom stereocenters. The summed E-state index contributed by atoms with van der Waals surface area (Å²) in [5.41, 5.74) is -0.568. The molecule has 0 amide bonds. The van der Waals surface area contributed by atoms with Crippen molar-refractivity contribution in [1.29, 1.82) is 0 Å². The van der Waals surface area contributed by atoms with Gasteiger partial charge in [0, 0.05) is 11.8 Å². The van der Waals surface area contributed by atoms with Gasteiger partial charge in [0.1, 0.15) is 6.10 Å². The van der Waals surface area contributed by atoms with Crippen molar-refractivity contribution >= 4 is 23.7 Å². The van der Waals surface area contributed by atoms with Crippen LogP contribution in [0.15, 0.2) is 11.4 Å². The number of esters is 1. The summed E-state index contributed by atoms with van der Waals surface area (Å²) >= 11 is 1.14. The predicted octanol–water partition coefficient (Wildman–Crippen LogP) is 0.244. The smallest absolute Gasteiger partial charge is 0.355 e. The summed E-state index contributed by atoms with van der Waals surface area (Å²) in [6.07, 6.45) is -0.769. The second kappa shape index (κ2) is 7.91. The Hall–Kier alpha value is -1.71. The topological polar surface area (TPSA) is 130 Å². The molecule has 21 heavy (non-hydrogen) atoms. The highest BCUT2D eigenvalue weighted by atomic mass is 32.2. The van der Waals surface area contributed by atoms with Gasteiger partial charge in [-0.15, -0.1) is 0 Å². The molecule has 1 aromatic heterocycles. The molecule has 1 aromatic rings. The summed E-state index contributed by atoms with van der Waals surface area (Å²) in [7, 11) is 0. The van der Waals surface area contributed by atoms with Gasteiger partial charge in [-0.05, 0) is 13.2 Å².